The Morgan fingerprint density at radius 2 is 2.44 bits per heavy atom. The molecule has 1 atom stereocenters. The zero-order valence-electron chi connectivity index (χ0n) is 9.94. The van der Waals surface area contributed by atoms with Crippen LogP contribution in [-0.2, 0) is 4.79 Å². The number of ether oxygens (including phenoxy) is 1. The average Bonchev–Trinajstić information content (AvgIpc) is 2.37. The van der Waals surface area contributed by atoms with Crippen LogP contribution in [0.25, 0.3) is 0 Å². The van der Waals surface area contributed by atoms with Gasteiger partial charge in [0.1, 0.15) is 11.8 Å². The van der Waals surface area contributed by atoms with Gasteiger partial charge in [0.2, 0.25) is 0 Å². The van der Waals surface area contributed by atoms with Gasteiger partial charge in [-0.2, -0.15) is 5.26 Å². The Bertz CT molecular complexity index is 494. The minimum absolute atomic E-state index is 0.248. The standard InChI is InChI=1S/C13H13BrN2O2/c1-3-6-16-13(17)9(2)18-12-5-4-11(14)7-10(12)8-15/h3-5,7,9H,1,6H2,2H3,(H,16,17). The lowest BCUT2D eigenvalue weighted by Gasteiger charge is -2.15. The van der Waals surface area contributed by atoms with E-state index in [0.717, 1.165) is 4.47 Å². The van der Waals surface area contributed by atoms with E-state index in [9.17, 15) is 4.79 Å². The van der Waals surface area contributed by atoms with Gasteiger partial charge in [-0.15, -0.1) is 6.58 Å². The maximum Gasteiger partial charge on any atom is 0.261 e. The fraction of sp³-hybridized carbons (Fsp3) is 0.231. The number of hydrogen-bond donors (Lipinski definition) is 1. The number of carbonyl (C=O) groups excluding carboxylic acids is 1. The second-order valence-corrected chi connectivity index (χ2v) is 4.46. The number of carbonyl (C=O) groups is 1. The quantitative estimate of drug-likeness (QED) is 0.850. The van der Waals surface area contributed by atoms with Gasteiger partial charge in [-0.3, -0.25) is 4.79 Å². The summed E-state index contributed by atoms with van der Waals surface area (Å²) in [4.78, 5) is 11.6. The Kier molecular flexibility index (Phi) is 5.40. The van der Waals surface area contributed by atoms with E-state index >= 15 is 0 Å². The van der Waals surface area contributed by atoms with Gasteiger partial charge in [-0.05, 0) is 25.1 Å². The largest absolute Gasteiger partial charge is 0.480 e. The molecule has 1 aromatic rings. The topological polar surface area (TPSA) is 62.1 Å². The molecule has 0 aliphatic rings. The van der Waals surface area contributed by atoms with Crippen LogP contribution >= 0.6 is 15.9 Å². The molecule has 0 spiro atoms. The first-order valence-corrected chi connectivity index (χ1v) is 6.12. The second-order valence-electron chi connectivity index (χ2n) is 3.55. The monoisotopic (exact) mass is 308 g/mol. The van der Waals surface area contributed by atoms with Crippen LogP contribution in [0.1, 0.15) is 12.5 Å². The first-order chi connectivity index (χ1) is 8.58. The SMILES string of the molecule is C=CCNC(=O)C(C)Oc1ccc(Br)cc1C#N. The zero-order valence-corrected chi connectivity index (χ0v) is 11.5. The first kappa shape index (κ1) is 14.3. The van der Waals surface area contributed by atoms with Crippen molar-refractivity contribution in [2.45, 2.75) is 13.0 Å². The number of rotatable bonds is 5. The molecule has 0 bridgehead atoms. The third-order valence-electron chi connectivity index (χ3n) is 2.16. The molecular weight excluding hydrogens is 296 g/mol. The molecule has 1 unspecified atom stereocenters. The highest BCUT2D eigenvalue weighted by molar-refractivity contribution is 9.10. The predicted molar refractivity (Wildman–Crippen MR) is 72.2 cm³/mol. The van der Waals surface area contributed by atoms with Gasteiger partial charge in [0.05, 0.1) is 5.56 Å². The fourth-order valence-electron chi connectivity index (χ4n) is 1.25. The van der Waals surface area contributed by atoms with Crippen molar-refractivity contribution in [1.29, 1.82) is 5.26 Å². The van der Waals surface area contributed by atoms with Crippen molar-refractivity contribution in [3.63, 3.8) is 0 Å². The molecule has 0 aliphatic heterocycles. The van der Waals surface area contributed by atoms with Gasteiger partial charge in [-0.25, -0.2) is 0 Å². The number of amides is 1. The molecule has 94 valence electrons. The normalized spacial score (nSPS) is 11.2. The Morgan fingerprint density at radius 1 is 1.72 bits per heavy atom. The average molecular weight is 309 g/mol. The van der Waals surface area contributed by atoms with E-state index in [1.54, 1.807) is 31.2 Å². The number of nitriles is 1. The molecule has 4 nitrogen and oxygen atoms in total. The second kappa shape index (κ2) is 6.82. The first-order valence-electron chi connectivity index (χ1n) is 5.33. The van der Waals surface area contributed by atoms with Crippen LogP contribution in [0, 0.1) is 11.3 Å². The molecule has 0 saturated heterocycles. The lowest BCUT2D eigenvalue weighted by Crippen LogP contribution is -2.36. The van der Waals surface area contributed by atoms with E-state index in [1.165, 1.54) is 0 Å². The number of halogens is 1. The summed E-state index contributed by atoms with van der Waals surface area (Å²) in [6.07, 6.45) is 0.920. The molecule has 18 heavy (non-hydrogen) atoms. The summed E-state index contributed by atoms with van der Waals surface area (Å²) in [6, 6.07) is 7.07. The summed E-state index contributed by atoms with van der Waals surface area (Å²) in [5.41, 5.74) is 0.382. The summed E-state index contributed by atoms with van der Waals surface area (Å²) in [7, 11) is 0. The Labute approximate surface area is 114 Å². The maximum absolute atomic E-state index is 11.6. The van der Waals surface area contributed by atoms with Gasteiger partial charge >= 0.3 is 0 Å². The maximum atomic E-state index is 11.6. The highest BCUT2D eigenvalue weighted by Gasteiger charge is 2.15. The highest BCUT2D eigenvalue weighted by Crippen LogP contribution is 2.23. The highest BCUT2D eigenvalue weighted by atomic mass is 79.9. The van der Waals surface area contributed by atoms with Crippen LogP contribution in [0.3, 0.4) is 0 Å². The van der Waals surface area contributed by atoms with Crippen LogP contribution in [0.15, 0.2) is 35.3 Å². The van der Waals surface area contributed by atoms with Gasteiger partial charge in [0.25, 0.3) is 5.91 Å². The minimum Gasteiger partial charge on any atom is -0.480 e. The van der Waals surface area contributed by atoms with E-state index in [4.69, 9.17) is 10.00 Å². The van der Waals surface area contributed by atoms with Crippen LogP contribution in [0.2, 0.25) is 0 Å². The zero-order chi connectivity index (χ0) is 13.5. The van der Waals surface area contributed by atoms with Gasteiger partial charge in [-0.1, -0.05) is 22.0 Å². The third-order valence-corrected chi connectivity index (χ3v) is 2.65. The van der Waals surface area contributed by atoms with Gasteiger partial charge < -0.3 is 10.1 Å². The van der Waals surface area contributed by atoms with Crippen LogP contribution in [0.5, 0.6) is 5.75 Å². The summed E-state index contributed by atoms with van der Waals surface area (Å²) in [5, 5.41) is 11.6. The van der Waals surface area contributed by atoms with Crippen molar-refractivity contribution in [3.05, 3.63) is 40.9 Å². The van der Waals surface area contributed by atoms with Crippen molar-refractivity contribution in [2.24, 2.45) is 0 Å². The predicted octanol–water partition coefficient (Wildman–Crippen LogP) is 2.39. The molecule has 0 saturated carbocycles. The van der Waals surface area contributed by atoms with Crippen LogP contribution in [0.4, 0.5) is 0 Å². The summed E-state index contributed by atoms with van der Waals surface area (Å²) in [6.45, 7) is 5.52. The molecule has 1 aromatic carbocycles. The minimum atomic E-state index is -0.668. The molecular formula is C13H13BrN2O2. The molecule has 1 N–H and O–H groups in total. The van der Waals surface area contributed by atoms with Crippen molar-refractivity contribution in [2.75, 3.05) is 6.54 Å². The lowest BCUT2D eigenvalue weighted by atomic mass is 10.2. The molecule has 1 amide bonds. The van der Waals surface area contributed by atoms with Crippen molar-refractivity contribution in [3.8, 4) is 11.8 Å². The molecule has 1 rings (SSSR count). The molecule has 0 radical (unpaired) electrons. The smallest absolute Gasteiger partial charge is 0.261 e. The van der Waals surface area contributed by atoms with Gasteiger partial charge in [0.15, 0.2) is 6.10 Å². The van der Waals surface area contributed by atoms with Crippen molar-refractivity contribution >= 4 is 21.8 Å². The number of nitrogens with zero attached hydrogens (tertiary/aromatic N) is 1. The third kappa shape index (κ3) is 3.90. The molecule has 0 aromatic heterocycles. The van der Waals surface area contributed by atoms with E-state index < -0.39 is 6.10 Å². The molecule has 0 aliphatic carbocycles. The van der Waals surface area contributed by atoms with Crippen LogP contribution < -0.4 is 10.1 Å². The number of nitrogens with one attached hydrogen (secondary N) is 1. The fourth-order valence-corrected chi connectivity index (χ4v) is 1.61. The summed E-state index contributed by atoms with van der Waals surface area (Å²) < 4.78 is 6.25. The molecule has 0 heterocycles. The van der Waals surface area contributed by atoms with E-state index in [1.807, 2.05) is 6.07 Å². The molecule has 0 fully saturated rings. The number of hydrogen-bond acceptors (Lipinski definition) is 3. The lowest BCUT2D eigenvalue weighted by molar-refractivity contribution is -0.127. The van der Waals surface area contributed by atoms with Crippen molar-refractivity contribution < 1.29 is 9.53 Å². The van der Waals surface area contributed by atoms with Gasteiger partial charge in [0, 0.05) is 11.0 Å². The van der Waals surface area contributed by atoms with E-state index in [2.05, 4.69) is 27.8 Å². The van der Waals surface area contributed by atoms with Crippen LogP contribution in [-0.4, -0.2) is 18.6 Å². The van der Waals surface area contributed by atoms with E-state index in [0.29, 0.717) is 17.9 Å². The molecule has 5 heteroatoms. The summed E-state index contributed by atoms with van der Waals surface area (Å²) in [5.74, 6) is 0.142. The number of benzene rings is 1. The Hall–Kier alpha value is -1.80. The van der Waals surface area contributed by atoms with Crippen molar-refractivity contribution in [1.82, 2.24) is 5.32 Å². The summed E-state index contributed by atoms with van der Waals surface area (Å²) >= 11 is 3.27. The Morgan fingerprint density at radius 3 is 3.06 bits per heavy atom. The van der Waals surface area contributed by atoms with E-state index in [-0.39, 0.29) is 5.91 Å². The Balaban J connectivity index is 2.75.